The number of hydrogen-bond donors (Lipinski definition) is 0. The van der Waals surface area contributed by atoms with Crippen molar-refractivity contribution in [1.82, 2.24) is 28.9 Å². The zero-order valence-electron chi connectivity index (χ0n) is 23.1. The van der Waals surface area contributed by atoms with Gasteiger partial charge in [0.15, 0.2) is 5.78 Å². The van der Waals surface area contributed by atoms with Crippen LogP contribution in [-0.2, 0) is 29.7 Å². The quantitative estimate of drug-likeness (QED) is 0.228. The number of nitrogens with zero attached hydrogens (tertiary/aromatic N) is 6. The van der Waals surface area contributed by atoms with Crippen molar-refractivity contribution in [3.8, 4) is 5.69 Å². The third-order valence-corrected chi connectivity index (χ3v) is 10.2. The highest BCUT2D eigenvalue weighted by molar-refractivity contribution is 7.89. The Balaban J connectivity index is 1.44. The summed E-state index contributed by atoms with van der Waals surface area (Å²) in [6.45, 7) is 0. The van der Waals surface area contributed by atoms with Gasteiger partial charge in [0, 0.05) is 32.5 Å². The fourth-order valence-corrected chi connectivity index (χ4v) is 7.42. The van der Waals surface area contributed by atoms with Crippen LogP contribution in [0.2, 0.25) is 0 Å². The molecule has 2 aliphatic carbocycles. The predicted molar refractivity (Wildman–Crippen MR) is 147 cm³/mol. The van der Waals surface area contributed by atoms with Gasteiger partial charge in [0.1, 0.15) is 16.4 Å². The molecule has 0 radical (unpaired) electrons. The van der Waals surface area contributed by atoms with Gasteiger partial charge in [-0.2, -0.15) is 27.7 Å². The van der Waals surface area contributed by atoms with Crippen molar-refractivity contribution < 1.29 is 30.8 Å². The second-order valence-corrected chi connectivity index (χ2v) is 12.9. The summed E-state index contributed by atoms with van der Waals surface area (Å²) < 4.78 is 85.5. The molecule has 4 aromatic rings. The number of carbonyl (C=O) groups is 1. The monoisotopic (exact) mass is 614 g/mol. The van der Waals surface area contributed by atoms with E-state index in [1.54, 1.807) is 36.1 Å². The first-order valence-electron chi connectivity index (χ1n) is 13.4. The van der Waals surface area contributed by atoms with Crippen LogP contribution in [0.3, 0.4) is 0 Å². The molecule has 0 saturated heterocycles. The van der Waals surface area contributed by atoms with Gasteiger partial charge in [-0.3, -0.25) is 14.5 Å². The zero-order chi connectivity index (χ0) is 30.7. The summed E-state index contributed by atoms with van der Waals surface area (Å²) in [6.07, 6.45) is 3.02. The maximum Gasteiger partial charge on any atom is 0.416 e. The second-order valence-electron chi connectivity index (χ2n) is 10.9. The van der Waals surface area contributed by atoms with Crippen molar-refractivity contribution in [2.75, 3.05) is 7.05 Å². The Kier molecular flexibility index (Phi) is 6.88. The number of aromatic nitrogens is 5. The number of rotatable bonds is 6. The van der Waals surface area contributed by atoms with Crippen LogP contribution in [0.25, 0.3) is 11.8 Å². The van der Waals surface area contributed by atoms with Crippen LogP contribution in [0.1, 0.15) is 46.6 Å². The second kappa shape index (κ2) is 10.2. The third kappa shape index (κ3) is 4.97. The van der Waals surface area contributed by atoms with Gasteiger partial charge in [-0.05, 0) is 73.7 Å². The summed E-state index contributed by atoms with van der Waals surface area (Å²) in [6, 6.07) is 6.63. The molecule has 1 saturated carbocycles. The van der Waals surface area contributed by atoms with Crippen LogP contribution < -0.4 is 0 Å². The first kappa shape index (κ1) is 28.9. The van der Waals surface area contributed by atoms with Crippen LogP contribution in [0.4, 0.5) is 17.6 Å². The Morgan fingerprint density at radius 3 is 2.53 bits per heavy atom. The Morgan fingerprint density at radius 2 is 1.86 bits per heavy atom. The molecular formula is C29H26F4N6O3S. The van der Waals surface area contributed by atoms with Gasteiger partial charge in [0.2, 0.25) is 10.0 Å². The molecule has 14 heteroatoms. The Labute approximate surface area is 244 Å². The fourth-order valence-electron chi connectivity index (χ4n) is 6.05. The number of fused-ring (bicyclic) bond motifs is 2. The minimum atomic E-state index is -4.68. The summed E-state index contributed by atoms with van der Waals surface area (Å²) in [5.74, 6) is -1.04. The fraction of sp³-hybridized carbons (Fsp3) is 0.310. The van der Waals surface area contributed by atoms with E-state index in [0.717, 1.165) is 18.3 Å². The molecular weight excluding hydrogens is 588 g/mol. The predicted octanol–water partition coefficient (Wildman–Crippen LogP) is 4.84. The first-order chi connectivity index (χ1) is 20.3. The Morgan fingerprint density at radius 1 is 1.12 bits per heavy atom. The highest BCUT2D eigenvalue weighted by Gasteiger charge is 2.51. The topological polar surface area (TPSA) is 103 Å². The van der Waals surface area contributed by atoms with Crippen molar-refractivity contribution in [3.05, 3.63) is 95.1 Å². The van der Waals surface area contributed by atoms with E-state index in [0.29, 0.717) is 35.4 Å². The van der Waals surface area contributed by atoms with Gasteiger partial charge in [0.05, 0.1) is 34.8 Å². The van der Waals surface area contributed by atoms with Gasteiger partial charge < -0.3 is 0 Å². The van der Waals surface area contributed by atoms with Crippen LogP contribution in [0, 0.1) is 11.2 Å². The lowest BCUT2D eigenvalue weighted by Crippen LogP contribution is -2.49. The van der Waals surface area contributed by atoms with E-state index < -0.39 is 44.8 Å². The van der Waals surface area contributed by atoms with Crippen molar-refractivity contribution in [2.45, 2.75) is 42.8 Å². The van der Waals surface area contributed by atoms with E-state index >= 15 is 0 Å². The summed E-state index contributed by atoms with van der Waals surface area (Å²) >= 11 is 0. The van der Waals surface area contributed by atoms with Crippen LogP contribution >= 0.6 is 0 Å². The number of hydrogen-bond acceptors (Lipinski definition) is 6. The van der Waals surface area contributed by atoms with E-state index in [1.165, 1.54) is 40.6 Å². The molecule has 2 atom stereocenters. The number of benzene rings is 1. The minimum Gasteiger partial charge on any atom is -0.291 e. The number of aryl methyl sites for hydroxylation is 1. The number of carbonyl (C=O) groups excluding carboxylic acids is 1. The van der Waals surface area contributed by atoms with Gasteiger partial charge >= 0.3 is 6.18 Å². The van der Waals surface area contributed by atoms with Crippen molar-refractivity contribution in [3.63, 3.8) is 0 Å². The van der Waals surface area contributed by atoms with Crippen LogP contribution in [0.5, 0.6) is 0 Å². The highest BCUT2D eigenvalue weighted by Crippen LogP contribution is 2.51. The average molecular weight is 615 g/mol. The summed E-state index contributed by atoms with van der Waals surface area (Å²) in [5.41, 5.74) is -0.178. The normalized spacial score (nSPS) is 20.4. The van der Waals surface area contributed by atoms with Crippen molar-refractivity contribution in [1.29, 1.82) is 0 Å². The Bertz CT molecular complexity index is 1860. The molecule has 0 unspecified atom stereocenters. The summed E-state index contributed by atoms with van der Waals surface area (Å²) in [7, 11) is -0.958. The molecule has 0 bridgehead atoms. The largest absolute Gasteiger partial charge is 0.416 e. The Hall–Kier alpha value is -4.17. The van der Waals surface area contributed by atoms with E-state index in [2.05, 4.69) is 15.2 Å². The lowest BCUT2D eigenvalue weighted by molar-refractivity contribution is -0.137. The average Bonchev–Trinajstić information content (AvgIpc) is 3.61. The lowest BCUT2D eigenvalue weighted by Gasteiger charge is -2.45. The third-order valence-electron chi connectivity index (χ3n) is 8.33. The SMILES string of the molecule is CN([C@H]1CCC2=Cc3c(cnn3-c3ccc(F)cc3)C[C@]2(C(=O)c2cc(C(F)(F)F)ccn2)C1)S(=O)(=O)c1cnn(C)c1. The van der Waals surface area contributed by atoms with Crippen molar-refractivity contribution >= 4 is 21.9 Å². The molecule has 43 heavy (non-hydrogen) atoms. The zero-order valence-corrected chi connectivity index (χ0v) is 23.9. The number of sulfonamides is 1. The minimum absolute atomic E-state index is 0.00901. The van der Waals surface area contributed by atoms with Gasteiger partial charge in [-0.1, -0.05) is 5.57 Å². The van der Waals surface area contributed by atoms with Gasteiger partial charge in [-0.25, -0.2) is 17.5 Å². The van der Waals surface area contributed by atoms with E-state index in [4.69, 9.17) is 0 Å². The number of alkyl halides is 3. The maximum absolute atomic E-state index is 14.3. The highest BCUT2D eigenvalue weighted by atomic mass is 32.2. The number of halogens is 4. The maximum atomic E-state index is 14.3. The first-order valence-corrected chi connectivity index (χ1v) is 14.8. The molecule has 1 fully saturated rings. The smallest absolute Gasteiger partial charge is 0.291 e. The molecule has 2 aliphatic rings. The molecule has 9 nitrogen and oxygen atoms in total. The van der Waals surface area contributed by atoms with Gasteiger partial charge in [0.25, 0.3) is 0 Å². The number of pyridine rings is 1. The molecule has 6 rings (SSSR count). The molecule has 3 aromatic heterocycles. The molecule has 224 valence electrons. The number of allylic oxidation sites excluding steroid dienone is 1. The van der Waals surface area contributed by atoms with Crippen molar-refractivity contribution in [2.24, 2.45) is 12.5 Å². The standard InChI is InChI=1S/C29H26F4N6O3S/c1-37-17-24(16-35-37)43(41,42)38(2)23-6-3-19-12-26-18(15-36-39(26)22-7-4-21(30)5-8-22)13-28(19,14-23)27(40)25-11-20(9-10-34-25)29(31,32)33/h4-5,7-12,15-17,23H,3,6,13-14H2,1-2H3/t23-,28-/m0/s1. The molecule has 1 aromatic carbocycles. The number of ketones is 1. The van der Waals surface area contributed by atoms with E-state index in [-0.39, 0.29) is 23.4 Å². The van der Waals surface area contributed by atoms with Crippen LogP contribution in [-0.4, -0.2) is 56.1 Å². The molecule has 0 N–H and O–H groups in total. The molecule has 0 amide bonds. The summed E-state index contributed by atoms with van der Waals surface area (Å²) in [4.78, 5) is 18.3. The number of Topliss-reactive ketones (excluding diaryl/α,β-unsaturated/α-hetero) is 1. The molecule has 0 spiro atoms. The molecule has 0 aliphatic heterocycles. The lowest BCUT2D eigenvalue weighted by atomic mass is 9.60. The molecule has 3 heterocycles. The van der Waals surface area contributed by atoms with E-state index in [9.17, 15) is 30.8 Å². The van der Waals surface area contributed by atoms with Gasteiger partial charge in [-0.15, -0.1) is 0 Å². The van der Waals surface area contributed by atoms with E-state index in [1.807, 2.05) is 0 Å². The van der Waals surface area contributed by atoms with Crippen LogP contribution in [0.15, 0.2) is 71.7 Å². The summed E-state index contributed by atoms with van der Waals surface area (Å²) in [5, 5.41) is 8.42.